The third-order valence-electron chi connectivity index (χ3n) is 2.20. The molecule has 0 unspecified atom stereocenters. The quantitative estimate of drug-likeness (QED) is 0.606. The van der Waals surface area contributed by atoms with Gasteiger partial charge in [-0.1, -0.05) is 51.4 Å². The Morgan fingerprint density at radius 3 is 2.83 bits per heavy atom. The number of ketones is 1. The Balaban J connectivity index is 1.98. The predicted octanol–water partition coefficient (Wildman–Crippen LogP) is 4.47. The number of carbonyl (C=O) groups excluding carboxylic acids is 1. The summed E-state index contributed by atoms with van der Waals surface area (Å²) in [5, 5.41) is 1.39. The number of hydrogen-bond donors (Lipinski definition) is 0. The Kier molecular flexibility index (Phi) is 4.80. The fourth-order valence-corrected chi connectivity index (χ4v) is 2.58. The van der Waals surface area contributed by atoms with Crippen molar-refractivity contribution in [3.8, 4) is 0 Å². The highest BCUT2D eigenvalue weighted by molar-refractivity contribution is 9.10. The minimum atomic E-state index is 0.0815. The van der Waals surface area contributed by atoms with Crippen LogP contribution in [0.25, 0.3) is 0 Å². The number of nitrogens with zero attached hydrogens (tertiary/aromatic N) is 1. The molecule has 0 aliphatic heterocycles. The second kappa shape index (κ2) is 6.36. The molecule has 18 heavy (non-hydrogen) atoms. The van der Waals surface area contributed by atoms with Gasteiger partial charge in [0.2, 0.25) is 0 Å². The van der Waals surface area contributed by atoms with Crippen LogP contribution in [0, 0.1) is 0 Å². The molecule has 0 fully saturated rings. The van der Waals surface area contributed by atoms with E-state index >= 15 is 0 Å². The molecule has 0 amide bonds. The molecule has 0 aliphatic rings. The zero-order valence-electron chi connectivity index (χ0n) is 9.27. The van der Waals surface area contributed by atoms with Crippen molar-refractivity contribution in [2.45, 2.75) is 5.03 Å². The number of hydrogen-bond acceptors (Lipinski definition) is 3. The number of aromatic nitrogens is 1. The van der Waals surface area contributed by atoms with E-state index in [0.717, 1.165) is 9.50 Å². The molecule has 0 saturated carbocycles. The summed E-state index contributed by atoms with van der Waals surface area (Å²) in [6.45, 7) is 0. The van der Waals surface area contributed by atoms with E-state index in [4.69, 9.17) is 11.6 Å². The summed E-state index contributed by atoms with van der Waals surface area (Å²) >= 11 is 10.5. The van der Waals surface area contributed by atoms with Gasteiger partial charge in [0, 0.05) is 16.2 Å². The number of pyridine rings is 1. The monoisotopic (exact) mass is 341 g/mol. The molecule has 0 atom stereocenters. The summed E-state index contributed by atoms with van der Waals surface area (Å²) in [7, 11) is 0. The maximum Gasteiger partial charge on any atom is 0.173 e. The first-order valence-corrected chi connectivity index (χ1v) is 7.34. The lowest BCUT2D eigenvalue weighted by molar-refractivity contribution is 0.102. The van der Waals surface area contributed by atoms with Gasteiger partial charge in [0.15, 0.2) is 5.78 Å². The lowest BCUT2D eigenvalue weighted by Gasteiger charge is -2.02. The van der Waals surface area contributed by atoms with Crippen molar-refractivity contribution in [3.05, 3.63) is 57.7 Å². The first-order valence-electron chi connectivity index (χ1n) is 5.18. The topological polar surface area (TPSA) is 30.0 Å². The molecule has 5 heteroatoms. The molecular formula is C13H9BrClNOS. The lowest BCUT2D eigenvalue weighted by atomic mass is 10.2. The summed E-state index contributed by atoms with van der Waals surface area (Å²) in [4.78, 5) is 16.1. The van der Waals surface area contributed by atoms with Gasteiger partial charge in [-0.25, -0.2) is 4.98 Å². The van der Waals surface area contributed by atoms with Crippen LogP contribution in [0.4, 0.5) is 0 Å². The molecule has 0 radical (unpaired) electrons. The average molecular weight is 343 g/mol. The zero-order chi connectivity index (χ0) is 13.0. The van der Waals surface area contributed by atoms with Crippen LogP contribution in [0.15, 0.2) is 52.1 Å². The van der Waals surface area contributed by atoms with Gasteiger partial charge in [0.25, 0.3) is 0 Å². The highest BCUT2D eigenvalue weighted by Gasteiger charge is 2.07. The van der Waals surface area contributed by atoms with Crippen LogP contribution < -0.4 is 0 Å². The molecule has 2 rings (SSSR count). The van der Waals surface area contributed by atoms with Crippen LogP contribution in [0.1, 0.15) is 10.4 Å². The van der Waals surface area contributed by atoms with Crippen molar-refractivity contribution in [2.75, 3.05) is 5.75 Å². The van der Waals surface area contributed by atoms with E-state index in [1.165, 1.54) is 11.8 Å². The van der Waals surface area contributed by atoms with E-state index in [0.29, 0.717) is 16.3 Å². The average Bonchev–Trinajstić information content (AvgIpc) is 2.38. The van der Waals surface area contributed by atoms with Crippen molar-refractivity contribution >= 4 is 45.1 Å². The summed E-state index contributed by atoms with van der Waals surface area (Å²) in [5.74, 6) is 0.448. The van der Waals surface area contributed by atoms with Crippen molar-refractivity contribution < 1.29 is 4.79 Å². The molecule has 0 bridgehead atoms. The van der Waals surface area contributed by atoms with E-state index in [1.807, 2.05) is 24.3 Å². The van der Waals surface area contributed by atoms with E-state index in [9.17, 15) is 4.79 Å². The van der Waals surface area contributed by atoms with Crippen LogP contribution in [0.5, 0.6) is 0 Å². The number of rotatable bonds is 4. The van der Waals surface area contributed by atoms with Crippen molar-refractivity contribution in [1.82, 2.24) is 4.98 Å². The van der Waals surface area contributed by atoms with Crippen molar-refractivity contribution in [2.24, 2.45) is 0 Å². The van der Waals surface area contributed by atoms with Crippen LogP contribution in [0.2, 0.25) is 5.02 Å². The molecular weight excluding hydrogens is 334 g/mol. The third kappa shape index (κ3) is 3.83. The van der Waals surface area contributed by atoms with Crippen LogP contribution in [0.3, 0.4) is 0 Å². The number of Topliss-reactive ketones (excluding diaryl/α,β-unsaturated/α-hetero) is 1. The van der Waals surface area contributed by atoms with Crippen molar-refractivity contribution in [1.29, 1.82) is 0 Å². The third-order valence-corrected chi connectivity index (χ3v) is 3.86. The maximum atomic E-state index is 11.9. The van der Waals surface area contributed by atoms with E-state index in [2.05, 4.69) is 20.9 Å². The van der Waals surface area contributed by atoms with E-state index in [-0.39, 0.29) is 5.78 Å². The molecule has 0 aliphatic carbocycles. The predicted molar refractivity (Wildman–Crippen MR) is 78.4 cm³/mol. The molecule has 2 nitrogen and oxygen atoms in total. The van der Waals surface area contributed by atoms with Gasteiger partial charge in [-0.3, -0.25) is 4.79 Å². The smallest absolute Gasteiger partial charge is 0.173 e. The summed E-state index contributed by atoms with van der Waals surface area (Å²) in [6, 6.07) is 10.9. The molecule has 1 heterocycles. The number of thioether (sulfide) groups is 1. The van der Waals surface area contributed by atoms with Gasteiger partial charge in [-0.15, -0.1) is 0 Å². The number of carbonyl (C=O) groups is 1. The molecule has 1 aromatic heterocycles. The van der Waals surface area contributed by atoms with Crippen LogP contribution in [-0.4, -0.2) is 16.5 Å². The van der Waals surface area contributed by atoms with Gasteiger partial charge in [0.05, 0.1) is 15.8 Å². The Bertz CT molecular complexity index is 559. The molecule has 2 aromatic rings. The second-order valence-electron chi connectivity index (χ2n) is 3.54. The van der Waals surface area contributed by atoms with Gasteiger partial charge >= 0.3 is 0 Å². The normalized spacial score (nSPS) is 10.3. The zero-order valence-corrected chi connectivity index (χ0v) is 12.4. The standard InChI is InChI=1S/C13H9BrClNOS/c14-10-3-1-2-9(6-10)12(17)8-18-13-5-4-11(15)7-16-13/h1-7H,8H2. The fraction of sp³-hybridized carbons (Fsp3) is 0.0769. The van der Waals surface area contributed by atoms with Crippen molar-refractivity contribution in [3.63, 3.8) is 0 Å². The summed E-state index contributed by atoms with van der Waals surface area (Å²) in [5.41, 5.74) is 0.700. The Hall–Kier alpha value is -0.840. The van der Waals surface area contributed by atoms with Crippen LogP contribution in [-0.2, 0) is 0 Å². The first-order chi connectivity index (χ1) is 8.65. The second-order valence-corrected chi connectivity index (χ2v) is 5.88. The minimum absolute atomic E-state index is 0.0815. The van der Waals surface area contributed by atoms with E-state index < -0.39 is 0 Å². The summed E-state index contributed by atoms with van der Waals surface area (Å²) in [6.07, 6.45) is 1.58. The first kappa shape index (κ1) is 13.6. The molecule has 0 N–H and O–H groups in total. The highest BCUT2D eigenvalue weighted by Crippen LogP contribution is 2.19. The molecule has 0 spiro atoms. The Morgan fingerprint density at radius 2 is 2.17 bits per heavy atom. The summed E-state index contributed by atoms with van der Waals surface area (Å²) < 4.78 is 0.906. The van der Waals surface area contributed by atoms with Gasteiger partial charge in [0.1, 0.15) is 0 Å². The van der Waals surface area contributed by atoms with Gasteiger partial charge in [-0.05, 0) is 24.3 Å². The SMILES string of the molecule is O=C(CSc1ccc(Cl)cn1)c1cccc(Br)c1. The highest BCUT2D eigenvalue weighted by atomic mass is 79.9. The van der Waals surface area contributed by atoms with Gasteiger partial charge in [-0.2, -0.15) is 0 Å². The molecule has 0 saturated heterocycles. The number of benzene rings is 1. The molecule has 1 aromatic carbocycles. The van der Waals surface area contributed by atoms with Crippen LogP contribution >= 0.6 is 39.3 Å². The lowest BCUT2D eigenvalue weighted by Crippen LogP contribution is -2.02. The Morgan fingerprint density at radius 1 is 1.33 bits per heavy atom. The fourth-order valence-electron chi connectivity index (χ4n) is 1.33. The largest absolute Gasteiger partial charge is 0.293 e. The van der Waals surface area contributed by atoms with Gasteiger partial charge < -0.3 is 0 Å². The maximum absolute atomic E-state index is 11.9. The number of halogens is 2. The van der Waals surface area contributed by atoms with E-state index in [1.54, 1.807) is 18.3 Å². The molecule has 92 valence electrons. The minimum Gasteiger partial charge on any atom is -0.293 e. The Labute approximate surface area is 123 Å².